The molecule has 0 saturated carbocycles. The van der Waals surface area contributed by atoms with E-state index in [0.29, 0.717) is 41.8 Å². The smallest absolute Gasteiger partial charge is 0.355 e. The molecule has 1 aliphatic heterocycles. The molecule has 1 aliphatic rings. The summed E-state index contributed by atoms with van der Waals surface area (Å²) in [4.78, 5) is 14.2. The largest absolute Gasteiger partial charge is 0.453 e. The van der Waals surface area contributed by atoms with Gasteiger partial charge in [0.15, 0.2) is 5.65 Å². The maximum atomic E-state index is 13.2. The van der Waals surface area contributed by atoms with Gasteiger partial charge < -0.3 is 10.2 Å². The first kappa shape index (κ1) is 20.9. The Morgan fingerprint density at radius 1 is 1.06 bits per heavy atom. The van der Waals surface area contributed by atoms with Gasteiger partial charge in [-0.25, -0.2) is 8.78 Å². The molecule has 0 bridgehead atoms. The van der Waals surface area contributed by atoms with Crippen LogP contribution in [0.4, 0.5) is 27.8 Å². The molecule has 0 unspecified atom stereocenters. The fraction of sp³-hybridized carbons (Fsp3) is 0.368. The summed E-state index contributed by atoms with van der Waals surface area (Å²) in [6, 6.07) is 6.01. The first-order valence-electron chi connectivity index (χ1n) is 9.48. The van der Waals surface area contributed by atoms with Crippen molar-refractivity contribution in [3.8, 4) is 0 Å². The van der Waals surface area contributed by atoms with Crippen molar-refractivity contribution >= 4 is 17.4 Å². The molecule has 0 atom stereocenters. The molecular weight excluding hydrogens is 423 g/mol. The van der Waals surface area contributed by atoms with Gasteiger partial charge in [-0.2, -0.15) is 17.7 Å². The van der Waals surface area contributed by atoms with Crippen LogP contribution in [0.2, 0.25) is 0 Å². The second kappa shape index (κ2) is 8.08. The van der Waals surface area contributed by atoms with E-state index < -0.39 is 23.6 Å². The van der Waals surface area contributed by atoms with Crippen molar-refractivity contribution in [1.82, 2.24) is 25.1 Å². The molecule has 164 valence electrons. The van der Waals surface area contributed by atoms with Crippen LogP contribution in [0.1, 0.15) is 24.2 Å². The highest BCUT2D eigenvalue weighted by Crippen LogP contribution is 2.28. The van der Waals surface area contributed by atoms with Gasteiger partial charge in [0.1, 0.15) is 17.5 Å². The van der Waals surface area contributed by atoms with E-state index >= 15 is 0 Å². The topological polar surface area (TPSA) is 75.4 Å². The number of nitrogens with one attached hydrogen (secondary N) is 1. The Kier molecular flexibility index (Phi) is 5.46. The van der Waals surface area contributed by atoms with Crippen molar-refractivity contribution in [3.63, 3.8) is 0 Å². The van der Waals surface area contributed by atoms with Gasteiger partial charge in [0.25, 0.3) is 5.82 Å². The quantitative estimate of drug-likeness (QED) is 0.632. The van der Waals surface area contributed by atoms with E-state index in [1.165, 1.54) is 6.07 Å². The first-order valence-corrected chi connectivity index (χ1v) is 9.48. The number of anilines is 1. The minimum Gasteiger partial charge on any atom is -0.355 e. The molecule has 3 heterocycles. The summed E-state index contributed by atoms with van der Waals surface area (Å²) < 4.78 is 66.3. The molecule has 0 spiro atoms. The average molecular weight is 440 g/mol. The Balaban J connectivity index is 1.37. The van der Waals surface area contributed by atoms with Crippen LogP contribution in [-0.2, 0) is 17.5 Å². The zero-order valence-corrected chi connectivity index (χ0v) is 16.0. The second-order valence-electron chi connectivity index (χ2n) is 7.24. The van der Waals surface area contributed by atoms with Gasteiger partial charge in [-0.1, -0.05) is 0 Å². The summed E-state index contributed by atoms with van der Waals surface area (Å²) in [6.07, 6.45) is -3.77. The van der Waals surface area contributed by atoms with Crippen LogP contribution >= 0.6 is 0 Å². The zero-order valence-electron chi connectivity index (χ0n) is 16.0. The van der Waals surface area contributed by atoms with Gasteiger partial charge >= 0.3 is 6.18 Å². The van der Waals surface area contributed by atoms with E-state index in [4.69, 9.17) is 0 Å². The van der Waals surface area contributed by atoms with Crippen LogP contribution in [0.25, 0.3) is 5.65 Å². The van der Waals surface area contributed by atoms with Crippen LogP contribution in [0.3, 0.4) is 0 Å². The van der Waals surface area contributed by atoms with Crippen LogP contribution in [0, 0.1) is 17.6 Å². The third kappa shape index (κ3) is 4.57. The molecule has 3 aromatic rings. The van der Waals surface area contributed by atoms with E-state index in [1.807, 2.05) is 0 Å². The molecule has 1 fully saturated rings. The molecule has 1 amide bonds. The SMILES string of the molecule is O=C(NCc1cc(F)cc(F)c1)C1CCN(c2ccc3nnc(C(F)(F)F)n3n2)CC1. The maximum Gasteiger partial charge on any atom is 0.453 e. The van der Waals surface area contributed by atoms with Gasteiger partial charge in [-0.15, -0.1) is 15.3 Å². The lowest BCUT2D eigenvalue weighted by atomic mass is 9.96. The number of halogens is 5. The average Bonchev–Trinajstić information content (AvgIpc) is 3.15. The van der Waals surface area contributed by atoms with E-state index in [0.717, 1.165) is 18.2 Å². The van der Waals surface area contributed by atoms with E-state index in [-0.39, 0.29) is 24.0 Å². The van der Waals surface area contributed by atoms with Crippen LogP contribution in [-0.4, -0.2) is 38.8 Å². The highest BCUT2D eigenvalue weighted by atomic mass is 19.4. The second-order valence-corrected chi connectivity index (χ2v) is 7.24. The number of alkyl halides is 3. The van der Waals surface area contributed by atoms with Crippen LogP contribution in [0.15, 0.2) is 30.3 Å². The number of carbonyl (C=O) groups is 1. The maximum absolute atomic E-state index is 13.2. The van der Waals surface area contributed by atoms with Gasteiger partial charge in [0.2, 0.25) is 5.91 Å². The molecule has 0 aliphatic carbocycles. The lowest BCUT2D eigenvalue weighted by molar-refractivity contribution is -0.146. The Morgan fingerprint density at radius 2 is 1.74 bits per heavy atom. The molecule has 1 aromatic carbocycles. The number of aromatic nitrogens is 4. The molecule has 1 N–H and O–H groups in total. The number of fused-ring (bicyclic) bond motifs is 1. The van der Waals surface area contributed by atoms with Gasteiger partial charge in [0.05, 0.1) is 0 Å². The fourth-order valence-electron chi connectivity index (χ4n) is 3.54. The molecule has 4 rings (SSSR count). The fourth-order valence-corrected chi connectivity index (χ4v) is 3.54. The molecule has 1 saturated heterocycles. The van der Waals surface area contributed by atoms with Gasteiger partial charge in [-0.3, -0.25) is 4.79 Å². The first-order chi connectivity index (χ1) is 14.7. The lowest BCUT2D eigenvalue weighted by Gasteiger charge is -2.32. The van der Waals surface area contributed by atoms with Crippen molar-refractivity contribution in [3.05, 3.63) is 53.4 Å². The van der Waals surface area contributed by atoms with Gasteiger partial charge in [-0.05, 0) is 42.7 Å². The summed E-state index contributed by atoms with van der Waals surface area (Å²) in [7, 11) is 0. The number of piperidine rings is 1. The summed E-state index contributed by atoms with van der Waals surface area (Å²) in [6.45, 7) is 0.823. The Labute approximate surface area is 172 Å². The van der Waals surface area contributed by atoms with Crippen molar-refractivity contribution < 1.29 is 26.7 Å². The van der Waals surface area contributed by atoms with E-state index in [2.05, 4.69) is 20.6 Å². The summed E-state index contributed by atoms with van der Waals surface area (Å²) in [5.41, 5.74) is 0.300. The third-order valence-electron chi connectivity index (χ3n) is 5.08. The number of amides is 1. The van der Waals surface area contributed by atoms with Crippen molar-refractivity contribution in [2.75, 3.05) is 18.0 Å². The predicted octanol–water partition coefficient (Wildman–Crippen LogP) is 2.95. The number of hydrogen-bond acceptors (Lipinski definition) is 5. The summed E-state index contributed by atoms with van der Waals surface area (Å²) in [5.74, 6) is -2.88. The van der Waals surface area contributed by atoms with Crippen LogP contribution in [0.5, 0.6) is 0 Å². The number of benzene rings is 1. The Morgan fingerprint density at radius 3 is 2.39 bits per heavy atom. The summed E-state index contributed by atoms with van der Waals surface area (Å²) >= 11 is 0. The minimum atomic E-state index is -4.68. The van der Waals surface area contributed by atoms with Crippen molar-refractivity contribution in [2.24, 2.45) is 5.92 Å². The van der Waals surface area contributed by atoms with Crippen LogP contribution < -0.4 is 10.2 Å². The van der Waals surface area contributed by atoms with Crippen molar-refractivity contribution in [1.29, 1.82) is 0 Å². The highest BCUT2D eigenvalue weighted by Gasteiger charge is 2.38. The monoisotopic (exact) mass is 440 g/mol. The number of hydrogen-bond donors (Lipinski definition) is 1. The molecule has 7 nitrogen and oxygen atoms in total. The molecule has 31 heavy (non-hydrogen) atoms. The van der Waals surface area contributed by atoms with E-state index in [1.54, 1.807) is 11.0 Å². The number of rotatable bonds is 4. The Hall–Kier alpha value is -3.31. The normalized spacial score (nSPS) is 15.5. The highest BCUT2D eigenvalue weighted by molar-refractivity contribution is 5.79. The predicted molar refractivity (Wildman–Crippen MR) is 98.9 cm³/mol. The Bertz CT molecular complexity index is 1090. The minimum absolute atomic E-state index is 0.000199. The standard InChI is InChI=1S/C19H17F5N6O/c20-13-7-11(8-14(21)9-13)10-25-17(31)12-3-5-29(6-4-12)16-2-1-15-26-27-18(19(22,23)24)30(15)28-16/h1-2,7-9,12H,3-6,10H2,(H,25,31). The van der Waals surface area contributed by atoms with Gasteiger partial charge in [0, 0.05) is 31.6 Å². The number of nitrogens with zero attached hydrogens (tertiary/aromatic N) is 5. The van der Waals surface area contributed by atoms with Crippen molar-refractivity contribution in [2.45, 2.75) is 25.6 Å². The molecular formula is C19H17F5N6O. The zero-order chi connectivity index (χ0) is 22.2. The lowest BCUT2D eigenvalue weighted by Crippen LogP contribution is -2.40. The molecule has 2 aromatic heterocycles. The molecule has 12 heteroatoms. The third-order valence-corrected chi connectivity index (χ3v) is 5.08. The molecule has 0 radical (unpaired) electrons. The van der Waals surface area contributed by atoms with E-state index in [9.17, 15) is 26.7 Å². The summed E-state index contributed by atoms with van der Waals surface area (Å²) in [5, 5.41) is 13.3. The number of carbonyl (C=O) groups excluding carboxylic acids is 1.